The van der Waals surface area contributed by atoms with E-state index in [4.69, 9.17) is 0 Å². The molecule has 0 aromatic heterocycles. The Kier molecular flexibility index (Phi) is 1.21. The van der Waals surface area contributed by atoms with Gasteiger partial charge in [-0.25, -0.2) is 0 Å². The van der Waals surface area contributed by atoms with Crippen molar-refractivity contribution in [2.75, 3.05) is 12.4 Å². The normalized spacial score (nSPS) is 45.0. The van der Waals surface area contributed by atoms with Crippen molar-refractivity contribution < 1.29 is 0 Å². The van der Waals surface area contributed by atoms with Crippen LogP contribution in [0.3, 0.4) is 0 Å². The van der Waals surface area contributed by atoms with Crippen LogP contribution in [-0.4, -0.2) is 23.8 Å². The molecule has 3 heteroatoms. The molecule has 0 saturated carbocycles. The van der Waals surface area contributed by atoms with E-state index in [1.165, 1.54) is 13.0 Å². The molecular formula is C5H10N2S. The fourth-order valence-corrected chi connectivity index (χ4v) is 2.47. The first-order valence-corrected chi connectivity index (χ1v) is 4.10. The summed E-state index contributed by atoms with van der Waals surface area (Å²) in [5.74, 6) is 1.14. The third kappa shape index (κ3) is 0.658. The molecule has 2 aliphatic rings. The molecule has 0 bridgehead atoms. The minimum Gasteiger partial charge on any atom is -0.301 e. The summed E-state index contributed by atoms with van der Waals surface area (Å²) in [7, 11) is 0. The van der Waals surface area contributed by atoms with Gasteiger partial charge in [-0.2, -0.15) is 0 Å². The second-order valence-electron chi connectivity index (χ2n) is 2.27. The molecule has 0 aliphatic carbocycles. The molecule has 0 aromatic carbocycles. The van der Waals surface area contributed by atoms with Gasteiger partial charge >= 0.3 is 0 Å². The molecule has 0 aromatic rings. The first-order valence-electron chi connectivity index (χ1n) is 3.05. The highest BCUT2D eigenvalue weighted by Gasteiger charge is 2.30. The second-order valence-corrected chi connectivity index (χ2v) is 3.50. The third-order valence-electron chi connectivity index (χ3n) is 1.77. The quantitative estimate of drug-likeness (QED) is 0.481. The van der Waals surface area contributed by atoms with Crippen LogP contribution in [0.15, 0.2) is 0 Å². The number of hydrogen-bond donors (Lipinski definition) is 2. The molecule has 2 atom stereocenters. The maximum absolute atomic E-state index is 3.39. The van der Waals surface area contributed by atoms with Gasteiger partial charge in [0.2, 0.25) is 0 Å². The van der Waals surface area contributed by atoms with Crippen LogP contribution in [0.25, 0.3) is 0 Å². The lowest BCUT2D eigenvalue weighted by Gasteiger charge is -2.05. The Morgan fingerprint density at radius 3 is 3.25 bits per heavy atom. The summed E-state index contributed by atoms with van der Waals surface area (Å²) in [6, 6.07) is 0. The monoisotopic (exact) mass is 130 g/mol. The number of nitrogens with one attached hydrogen (secondary N) is 2. The topological polar surface area (TPSA) is 24.1 Å². The van der Waals surface area contributed by atoms with Crippen molar-refractivity contribution in [2.24, 2.45) is 0 Å². The molecular weight excluding hydrogens is 120 g/mol. The van der Waals surface area contributed by atoms with E-state index in [2.05, 4.69) is 10.6 Å². The van der Waals surface area contributed by atoms with E-state index in [0.29, 0.717) is 6.17 Å². The summed E-state index contributed by atoms with van der Waals surface area (Å²) >= 11 is 2.04. The zero-order valence-corrected chi connectivity index (χ0v) is 5.50. The minimum atomic E-state index is 0.639. The van der Waals surface area contributed by atoms with Gasteiger partial charge in [0.05, 0.1) is 6.17 Å². The SMILES string of the molecule is C1CC2SCNC2N1. The molecule has 46 valence electrons. The van der Waals surface area contributed by atoms with Crippen LogP contribution in [0.4, 0.5) is 0 Å². The Labute approximate surface area is 53.4 Å². The van der Waals surface area contributed by atoms with Gasteiger partial charge in [0.15, 0.2) is 0 Å². The van der Waals surface area contributed by atoms with Crippen molar-refractivity contribution in [1.82, 2.24) is 10.6 Å². The van der Waals surface area contributed by atoms with Gasteiger partial charge in [-0.15, -0.1) is 11.8 Å². The van der Waals surface area contributed by atoms with E-state index in [9.17, 15) is 0 Å². The Morgan fingerprint density at radius 2 is 2.38 bits per heavy atom. The Morgan fingerprint density at radius 1 is 1.38 bits per heavy atom. The zero-order valence-electron chi connectivity index (χ0n) is 4.68. The smallest absolute Gasteiger partial charge is 0.0701 e. The Hall–Kier alpha value is 0.270. The number of rotatable bonds is 0. The highest BCUT2D eigenvalue weighted by molar-refractivity contribution is 8.00. The van der Waals surface area contributed by atoms with Crippen LogP contribution in [0.5, 0.6) is 0 Å². The predicted molar refractivity (Wildman–Crippen MR) is 35.8 cm³/mol. The van der Waals surface area contributed by atoms with Gasteiger partial charge in [0.25, 0.3) is 0 Å². The van der Waals surface area contributed by atoms with Gasteiger partial charge in [-0.3, -0.25) is 5.32 Å². The number of thioether (sulfide) groups is 1. The molecule has 2 heterocycles. The first-order chi connectivity index (χ1) is 3.97. The molecule has 2 aliphatic heterocycles. The van der Waals surface area contributed by atoms with Gasteiger partial charge in [-0.1, -0.05) is 0 Å². The number of hydrogen-bond acceptors (Lipinski definition) is 3. The van der Waals surface area contributed by atoms with Gasteiger partial charge in [0, 0.05) is 11.1 Å². The van der Waals surface area contributed by atoms with Crippen LogP contribution >= 0.6 is 11.8 Å². The van der Waals surface area contributed by atoms with Crippen molar-refractivity contribution in [2.45, 2.75) is 17.8 Å². The Balaban J connectivity index is 2.04. The molecule has 0 amide bonds. The van der Waals surface area contributed by atoms with Crippen molar-refractivity contribution in [3.8, 4) is 0 Å². The van der Waals surface area contributed by atoms with E-state index in [1.807, 2.05) is 11.8 Å². The van der Waals surface area contributed by atoms with Crippen LogP contribution in [0, 0.1) is 0 Å². The predicted octanol–water partition coefficient (Wildman–Crippen LogP) is -0.0317. The average Bonchev–Trinajstić information content (AvgIpc) is 2.15. The van der Waals surface area contributed by atoms with Crippen LogP contribution < -0.4 is 10.6 Å². The third-order valence-corrected chi connectivity index (χ3v) is 3.03. The van der Waals surface area contributed by atoms with Crippen molar-refractivity contribution in [3.63, 3.8) is 0 Å². The fourth-order valence-electron chi connectivity index (χ4n) is 1.31. The van der Waals surface area contributed by atoms with E-state index in [1.54, 1.807) is 0 Å². The van der Waals surface area contributed by atoms with E-state index < -0.39 is 0 Å². The van der Waals surface area contributed by atoms with Gasteiger partial charge in [-0.05, 0) is 13.0 Å². The van der Waals surface area contributed by atoms with Crippen molar-refractivity contribution in [1.29, 1.82) is 0 Å². The largest absolute Gasteiger partial charge is 0.301 e. The van der Waals surface area contributed by atoms with E-state index >= 15 is 0 Å². The summed E-state index contributed by atoms with van der Waals surface area (Å²) in [6.07, 6.45) is 1.99. The maximum atomic E-state index is 3.39. The first kappa shape index (κ1) is 5.09. The molecule has 0 spiro atoms. The van der Waals surface area contributed by atoms with Gasteiger partial charge in [0.1, 0.15) is 0 Å². The lowest BCUT2D eigenvalue weighted by molar-refractivity contribution is 0.552. The summed E-state index contributed by atoms with van der Waals surface area (Å²) in [5, 5.41) is 7.63. The molecule has 8 heavy (non-hydrogen) atoms. The lowest BCUT2D eigenvalue weighted by atomic mass is 10.3. The van der Waals surface area contributed by atoms with Crippen LogP contribution in [-0.2, 0) is 0 Å². The lowest BCUT2D eigenvalue weighted by Crippen LogP contribution is -2.36. The summed E-state index contributed by atoms with van der Waals surface area (Å²) in [4.78, 5) is 0. The standard InChI is InChI=1S/C5H10N2S/c1-2-6-5-4(1)8-3-7-5/h4-7H,1-3H2. The molecule has 2 fully saturated rings. The molecule has 2 rings (SSSR count). The van der Waals surface area contributed by atoms with Crippen LogP contribution in [0.1, 0.15) is 6.42 Å². The van der Waals surface area contributed by atoms with Gasteiger partial charge < -0.3 is 5.32 Å². The minimum absolute atomic E-state index is 0.639. The fraction of sp³-hybridized carbons (Fsp3) is 1.00. The maximum Gasteiger partial charge on any atom is 0.0701 e. The molecule has 0 radical (unpaired) electrons. The summed E-state index contributed by atoms with van der Waals surface area (Å²) < 4.78 is 0. The van der Waals surface area contributed by atoms with E-state index in [0.717, 1.165) is 11.1 Å². The van der Waals surface area contributed by atoms with Crippen molar-refractivity contribution in [3.05, 3.63) is 0 Å². The second kappa shape index (κ2) is 1.90. The van der Waals surface area contributed by atoms with E-state index in [-0.39, 0.29) is 0 Å². The van der Waals surface area contributed by atoms with Crippen molar-refractivity contribution >= 4 is 11.8 Å². The highest BCUT2D eigenvalue weighted by atomic mass is 32.2. The molecule has 2 N–H and O–H groups in total. The molecule has 2 unspecified atom stereocenters. The zero-order chi connectivity index (χ0) is 5.40. The summed E-state index contributed by atoms with van der Waals surface area (Å²) in [6.45, 7) is 1.20. The summed E-state index contributed by atoms with van der Waals surface area (Å²) in [5.41, 5.74) is 0. The Bertz CT molecular complexity index is 76.4. The number of fused-ring (bicyclic) bond motifs is 1. The highest BCUT2D eigenvalue weighted by Crippen LogP contribution is 2.25. The average molecular weight is 130 g/mol. The molecule has 2 nitrogen and oxygen atoms in total. The van der Waals surface area contributed by atoms with Crippen LogP contribution in [0.2, 0.25) is 0 Å². The molecule has 2 saturated heterocycles.